The molecule has 2 rings (SSSR count). The first-order valence-corrected chi connectivity index (χ1v) is 5.36. The van der Waals surface area contributed by atoms with Crippen LogP contribution in [0.4, 0.5) is 27.6 Å². The third kappa shape index (κ3) is 1.82. The van der Waals surface area contributed by atoms with Crippen LogP contribution in [0.25, 0.3) is 0 Å². The average Bonchev–Trinajstić information content (AvgIpc) is 2.64. The van der Waals surface area contributed by atoms with E-state index in [9.17, 15) is 22.0 Å². The van der Waals surface area contributed by atoms with Crippen LogP contribution in [0.2, 0.25) is 0 Å². The molecule has 7 heteroatoms. The van der Waals surface area contributed by atoms with E-state index in [1.54, 1.807) is 6.92 Å². The number of halogens is 5. The number of anilines is 1. The van der Waals surface area contributed by atoms with Gasteiger partial charge in [-0.1, -0.05) is 6.92 Å². The summed E-state index contributed by atoms with van der Waals surface area (Å²) in [7, 11) is 0. The summed E-state index contributed by atoms with van der Waals surface area (Å²) >= 11 is 0. The number of benzene rings is 1. The van der Waals surface area contributed by atoms with Crippen molar-refractivity contribution < 1.29 is 22.0 Å². The summed E-state index contributed by atoms with van der Waals surface area (Å²) in [6, 6.07) is -0.361. The fourth-order valence-electron chi connectivity index (χ4n) is 2.05. The predicted octanol–water partition coefficient (Wildman–Crippen LogP) is 2.17. The Morgan fingerprint density at radius 2 is 1.33 bits per heavy atom. The minimum absolute atomic E-state index is 0.0551. The summed E-state index contributed by atoms with van der Waals surface area (Å²) in [5.74, 6) is -9.72. The van der Waals surface area contributed by atoms with Gasteiger partial charge in [0.05, 0.1) is 0 Å². The van der Waals surface area contributed by atoms with Gasteiger partial charge < -0.3 is 10.6 Å². The molecule has 18 heavy (non-hydrogen) atoms. The molecule has 1 aromatic rings. The number of nitrogens with zero attached hydrogens (tertiary/aromatic N) is 1. The molecule has 0 aromatic heterocycles. The second kappa shape index (κ2) is 4.38. The Hall–Kier alpha value is -1.37. The zero-order valence-corrected chi connectivity index (χ0v) is 9.48. The number of hydrogen-bond donors (Lipinski definition) is 1. The van der Waals surface area contributed by atoms with Gasteiger partial charge in [-0.15, -0.1) is 0 Å². The molecule has 0 saturated carbocycles. The lowest BCUT2D eigenvalue weighted by molar-refractivity contribution is 0.379. The van der Waals surface area contributed by atoms with E-state index in [-0.39, 0.29) is 25.0 Å². The maximum Gasteiger partial charge on any atom is 0.200 e. The normalized spacial score (nSPS) is 23.8. The van der Waals surface area contributed by atoms with Crippen molar-refractivity contribution in [3.63, 3.8) is 0 Å². The van der Waals surface area contributed by atoms with Crippen LogP contribution in [0, 0.1) is 35.0 Å². The fraction of sp³-hybridized carbons (Fsp3) is 0.455. The summed E-state index contributed by atoms with van der Waals surface area (Å²) in [4.78, 5) is 1.09. The van der Waals surface area contributed by atoms with E-state index >= 15 is 0 Å². The van der Waals surface area contributed by atoms with Crippen LogP contribution in [0.5, 0.6) is 0 Å². The molecule has 1 heterocycles. The third-order valence-corrected chi connectivity index (χ3v) is 3.17. The van der Waals surface area contributed by atoms with Gasteiger partial charge in [-0.2, -0.15) is 0 Å². The molecular formula is C11H11F5N2. The van der Waals surface area contributed by atoms with Crippen LogP contribution < -0.4 is 10.6 Å². The van der Waals surface area contributed by atoms with E-state index in [0.29, 0.717) is 0 Å². The summed E-state index contributed by atoms with van der Waals surface area (Å²) in [6.45, 7) is 1.95. The van der Waals surface area contributed by atoms with Gasteiger partial charge >= 0.3 is 0 Å². The first-order chi connectivity index (χ1) is 8.34. The zero-order chi connectivity index (χ0) is 13.6. The van der Waals surface area contributed by atoms with E-state index in [0.717, 1.165) is 4.90 Å². The van der Waals surface area contributed by atoms with Gasteiger partial charge in [-0.3, -0.25) is 0 Å². The molecule has 0 radical (unpaired) electrons. The van der Waals surface area contributed by atoms with Gasteiger partial charge in [0.2, 0.25) is 5.82 Å². The standard InChI is InChI=1S/C11H11F5N2/c1-4-2-18(3-5(4)17)11-9(15)7(13)6(12)8(14)10(11)16/h4-5H,2-3,17H2,1H3. The summed E-state index contributed by atoms with van der Waals surface area (Å²) < 4.78 is 65.9. The molecule has 0 bridgehead atoms. The highest BCUT2D eigenvalue weighted by Crippen LogP contribution is 2.33. The lowest BCUT2D eigenvalue weighted by atomic mass is 10.1. The second-order valence-corrected chi connectivity index (χ2v) is 4.46. The van der Waals surface area contributed by atoms with Crippen LogP contribution in [-0.4, -0.2) is 19.1 Å². The highest BCUT2D eigenvalue weighted by molar-refractivity contribution is 5.51. The topological polar surface area (TPSA) is 29.3 Å². The summed E-state index contributed by atoms with van der Waals surface area (Å²) in [6.07, 6.45) is 0. The molecule has 100 valence electrons. The largest absolute Gasteiger partial charge is 0.365 e. The van der Waals surface area contributed by atoms with Crippen molar-refractivity contribution in [1.29, 1.82) is 0 Å². The number of nitrogens with two attached hydrogens (primary N) is 1. The smallest absolute Gasteiger partial charge is 0.200 e. The Balaban J connectivity index is 2.52. The first kappa shape index (κ1) is 13.1. The molecule has 1 saturated heterocycles. The van der Waals surface area contributed by atoms with Crippen LogP contribution in [0.1, 0.15) is 6.92 Å². The van der Waals surface area contributed by atoms with Crippen molar-refractivity contribution in [2.24, 2.45) is 11.7 Å². The Morgan fingerprint density at radius 3 is 1.72 bits per heavy atom. The van der Waals surface area contributed by atoms with E-state index in [1.807, 2.05) is 0 Å². The molecule has 2 N–H and O–H groups in total. The lowest BCUT2D eigenvalue weighted by Gasteiger charge is -2.20. The molecule has 2 nitrogen and oxygen atoms in total. The molecule has 0 spiro atoms. The van der Waals surface area contributed by atoms with Gasteiger partial charge in [0, 0.05) is 19.1 Å². The van der Waals surface area contributed by atoms with E-state index in [4.69, 9.17) is 5.73 Å². The highest BCUT2D eigenvalue weighted by atomic mass is 19.2. The summed E-state index contributed by atoms with van der Waals surface area (Å²) in [5, 5.41) is 0. The Bertz CT molecular complexity index is 452. The van der Waals surface area contributed by atoms with Crippen molar-refractivity contribution in [2.45, 2.75) is 13.0 Å². The second-order valence-electron chi connectivity index (χ2n) is 4.46. The lowest BCUT2D eigenvalue weighted by Crippen LogP contribution is -2.29. The average molecular weight is 266 g/mol. The van der Waals surface area contributed by atoms with Gasteiger partial charge in [-0.25, -0.2) is 22.0 Å². The monoisotopic (exact) mass is 266 g/mol. The molecule has 1 aliphatic rings. The third-order valence-electron chi connectivity index (χ3n) is 3.17. The van der Waals surface area contributed by atoms with Crippen molar-refractivity contribution in [3.8, 4) is 0 Å². The van der Waals surface area contributed by atoms with Gasteiger partial charge in [0.1, 0.15) is 5.69 Å². The molecule has 2 unspecified atom stereocenters. The molecule has 0 amide bonds. The minimum Gasteiger partial charge on any atom is -0.365 e. The van der Waals surface area contributed by atoms with Crippen molar-refractivity contribution in [2.75, 3.05) is 18.0 Å². The molecule has 0 aliphatic carbocycles. The predicted molar refractivity (Wildman–Crippen MR) is 55.6 cm³/mol. The fourth-order valence-corrected chi connectivity index (χ4v) is 2.05. The van der Waals surface area contributed by atoms with Crippen LogP contribution >= 0.6 is 0 Å². The molecule has 1 aromatic carbocycles. The zero-order valence-electron chi connectivity index (χ0n) is 9.48. The van der Waals surface area contributed by atoms with E-state index in [1.165, 1.54) is 0 Å². The molecular weight excluding hydrogens is 255 g/mol. The van der Waals surface area contributed by atoms with Crippen molar-refractivity contribution >= 4 is 5.69 Å². The SMILES string of the molecule is CC1CN(c2c(F)c(F)c(F)c(F)c2F)CC1N. The summed E-state index contributed by atoms with van der Waals surface area (Å²) in [5.41, 5.74) is 4.77. The minimum atomic E-state index is -2.15. The van der Waals surface area contributed by atoms with Gasteiger partial charge in [0.15, 0.2) is 23.3 Å². The van der Waals surface area contributed by atoms with Crippen LogP contribution in [0.3, 0.4) is 0 Å². The van der Waals surface area contributed by atoms with Crippen LogP contribution in [0.15, 0.2) is 0 Å². The number of rotatable bonds is 1. The molecule has 1 fully saturated rings. The van der Waals surface area contributed by atoms with Gasteiger partial charge in [-0.05, 0) is 5.92 Å². The van der Waals surface area contributed by atoms with Crippen molar-refractivity contribution in [3.05, 3.63) is 29.1 Å². The molecule has 1 aliphatic heterocycles. The first-order valence-electron chi connectivity index (χ1n) is 5.36. The quantitative estimate of drug-likeness (QED) is 0.479. The maximum absolute atomic E-state index is 13.5. The Kier molecular flexibility index (Phi) is 3.18. The molecule has 2 atom stereocenters. The Morgan fingerprint density at radius 1 is 0.889 bits per heavy atom. The van der Waals surface area contributed by atoms with Gasteiger partial charge in [0.25, 0.3) is 0 Å². The van der Waals surface area contributed by atoms with Crippen LogP contribution in [-0.2, 0) is 0 Å². The van der Waals surface area contributed by atoms with Crippen molar-refractivity contribution in [1.82, 2.24) is 0 Å². The Labute approximate surface area is 100 Å². The number of hydrogen-bond acceptors (Lipinski definition) is 2. The maximum atomic E-state index is 13.5. The highest BCUT2D eigenvalue weighted by Gasteiger charge is 2.34. The van der Waals surface area contributed by atoms with E-state index in [2.05, 4.69) is 0 Å². The van der Waals surface area contributed by atoms with E-state index < -0.39 is 34.8 Å².